The maximum atomic E-state index is 11.4. The zero-order valence-corrected chi connectivity index (χ0v) is 8.02. The van der Waals surface area contributed by atoms with Crippen molar-refractivity contribution in [3.63, 3.8) is 0 Å². The molecule has 1 heterocycles. The van der Waals surface area contributed by atoms with E-state index in [1.54, 1.807) is 6.92 Å². The predicted molar refractivity (Wildman–Crippen MR) is 52.1 cm³/mol. The lowest BCUT2D eigenvalue weighted by Gasteiger charge is -2.09. The van der Waals surface area contributed by atoms with Crippen LogP contribution in [0.4, 0.5) is 0 Å². The van der Waals surface area contributed by atoms with Crippen molar-refractivity contribution in [2.24, 2.45) is 0 Å². The fourth-order valence-electron chi connectivity index (χ4n) is 1.40. The molecule has 0 spiro atoms. The highest BCUT2D eigenvalue weighted by Crippen LogP contribution is 2.03. The van der Waals surface area contributed by atoms with E-state index in [-0.39, 0.29) is 11.9 Å². The first kappa shape index (κ1) is 10.1. The van der Waals surface area contributed by atoms with Crippen molar-refractivity contribution in [3.05, 3.63) is 0 Å². The second-order valence-corrected chi connectivity index (χ2v) is 3.12. The lowest BCUT2D eigenvalue weighted by Crippen LogP contribution is -2.40. The van der Waals surface area contributed by atoms with Crippen LogP contribution in [0.25, 0.3) is 0 Å². The normalized spacial score (nSPS) is 20.5. The monoisotopic (exact) mass is 180 g/mol. The lowest BCUT2D eigenvalue weighted by molar-refractivity contribution is -0.122. The van der Waals surface area contributed by atoms with Gasteiger partial charge in [0, 0.05) is 13.0 Å². The van der Waals surface area contributed by atoms with Crippen LogP contribution in [0.15, 0.2) is 0 Å². The van der Waals surface area contributed by atoms with Gasteiger partial charge in [-0.1, -0.05) is 0 Å². The van der Waals surface area contributed by atoms with E-state index >= 15 is 0 Å². The van der Waals surface area contributed by atoms with Gasteiger partial charge in [0.1, 0.15) is 0 Å². The molecule has 0 aromatic rings. The molecule has 13 heavy (non-hydrogen) atoms. The van der Waals surface area contributed by atoms with Gasteiger partial charge in [0.15, 0.2) is 0 Å². The molecule has 0 aromatic carbocycles. The molecule has 1 aliphatic heterocycles. The molecule has 0 bridgehead atoms. The summed E-state index contributed by atoms with van der Waals surface area (Å²) < 4.78 is 0. The molecule has 0 radical (unpaired) electrons. The minimum absolute atomic E-state index is 0.0367. The molecule has 3 nitrogen and oxygen atoms in total. The molecule has 1 atom stereocenters. The van der Waals surface area contributed by atoms with Crippen LogP contribution in [-0.2, 0) is 4.79 Å². The molecule has 72 valence electrons. The van der Waals surface area contributed by atoms with Gasteiger partial charge in [0.2, 0.25) is 5.91 Å². The zero-order chi connectivity index (χ0) is 9.52. The average molecular weight is 180 g/mol. The van der Waals surface area contributed by atoms with Crippen LogP contribution in [-0.4, -0.2) is 25.0 Å². The Morgan fingerprint density at radius 3 is 3.15 bits per heavy atom. The largest absolute Gasteiger partial charge is 0.354 e. The Kier molecular flexibility index (Phi) is 4.34. The minimum Gasteiger partial charge on any atom is -0.354 e. The zero-order valence-electron chi connectivity index (χ0n) is 8.02. The van der Waals surface area contributed by atoms with Crippen molar-refractivity contribution in [1.82, 2.24) is 10.6 Å². The molecule has 1 rings (SSSR count). The van der Waals surface area contributed by atoms with E-state index in [0.29, 0.717) is 6.54 Å². The Hall–Kier alpha value is -1.01. The summed E-state index contributed by atoms with van der Waals surface area (Å²) in [5.74, 6) is 5.82. The molecule has 1 amide bonds. The van der Waals surface area contributed by atoms with Crippen molar-refractivity contribution >= 4 is 5.91 Å². The van der Waals surface area contributed by atoms with Crippen molar-refractivity contribution in [2.75, 3.05) is 13.1 Å². The maximum absolute atomic E-state index is 11.4. The number of rotatable bonds is 3. The molecule has 0 aromatic heterocycles. The quantitative estimate of drug-likeness (QED) is 0.483. The van der Waals surface area contributed by atoms with Gasteiger partial charge < -0.3 is 10.6 Å². The second kappa shape index (κ2) is 5.60. The molecule has 1 aliphatic rings. The number of carbonyl (C=O) groups excluding carboxylic acids is 1. The predicted octanol–water partition coefficient (Wildman–Crippen LogP) is 0.268. The Labute approximate surface area is 79.3 Å². The van der Waals surface area contributed by atoms with Crippen LogP contribution < -0.4 is 10.6 Å². The third-order valence-corrected chi connectivity index (χ3v) is 2.10. The second-order valence-electron chi connectivity index (χ2n) is 3.12. The molecule has 1 saturated heterocycles. The first-order valence-corrected chi connectivity index (χ1v) is 4.75. The van der Waals surface area contributed by atoms with Crippen LogP contribution in [0.5, 0.6) is 0 Å². The van der Waals surface area contributed by atoms with E-state index in [4.69, 9.17) is 0 Å². The number of hydrogen-bond acceptors (Lipinski definition) is 2. The van der Waals surface area contributed by atoms with Crippen LogP contribution in [0.1, 0.15) is 26.2 Å². The summed E-state index contributed by atoms with van der Waals surface area (Å²) in [5, 5.41) is 6.00. The molecule has 3 heteroatoms. The summed E-state index contributed by atoms with van der Waals surface area (Å²) in [4.78, 5) is 11.4. The van der Waals surface area contributed by atoms with E-state index < -0.39 is 0 Å². The highest BCUT2D eigenvalue weighted by atomic mass is 16.2. The minimum atomic E-state index is 0.0367. The van der Waals surface area contributed by atoms with Gasteiger partial charge in [-0.2, -0.15) is 0 Å². The van der Waals surface area contributed by atoms with Crippen LogP contribution >= 0.6 is 0 Å². The van der Waals surface area contributed by atoms with Gasteiger partial charge in [-0.3, -0.25) is 4.79 Å². The van der Waals surface area contributed by atoms with Gasteiger partial charge >= 0.3 is 0 Å². The van der Waals surface area contributed by atoms with Gasteiger partial charge in [-0.05, 0) is 26.3 Å². The standard InChI is InChI=1S/C10H16N2O/c1-2-3-4-7-12-10(13)9-6-5-8-11-9/h9,11H,4-8H2,1H3,(H,12,13). The SMILES string of the molecule is CC#CCCNC(=O)C1CCCN1. The van der Waals surface area contributed by atoms with Crippen molar-refractivity contribution in [1.29, 1.82) is 0 Å². The highest BCUT2D eigenvalue weighted by Gasteiger charge is 2.20. The van der Waals surface area contributed by atoms with Gasteiger partial charge in [-0.15, -0.1) is 11.8 Å². The van der Waals surface area contributed by atoms with E-state index in [0.717, 1.165) is 25.8 Å². The molecule has 0 saturated carbocycles. The number of carbonyl (C=O) groups is 1. The van der Waals surface area contributed by atoms with Gasteiger partial charge in [0.25, 0.3) is 0 Å². The number of nitrogens with one attached hydrogen (secondary N) is 2. The van der Waals surface area contributed by atoms with Crippen LogP contribution in [0, 0.1) is 11.8 Å². The average Bonchev–Trinajstić information content (AvgIpc) is 2.65. The Balaban J connectivity index is 2.12. The molecule has 1 fully saturated rings. The van der Waals surface area contributed by atoms with Crippen LogP contribution in [0.3, 0.4) is 0 Å². The summed E-state index contributed by atoms with van der Waals surface area (Å²) in [7, 11) is 0. The summed E-state index contributed by atoms with van der Waals surface area (Å²) in [6.07, 6.45) is 2.81. The van der Waals surface area contributed by atoms with E-state index in [1.807, 2.05) is 0 Å². The number of hydrogen-bond donors (Lipinski definition) is 2. The molecule has 2 N–H and O–H groups in total. The molecule has 0 aliphatic carbocycles. The third-order valence-electron chi connectivity index (χ3n) is 2.10. The van der Waals surface area contributed by atoms with E-state index in [9.17, 15) is 4.79 Å². The summed E-state index contributed by atoms with van der Waals surface area (Å²) in [5.41, 5.74) is 0. The summed E-state index contributed by atoms with van der Waals surface area (Å²) in [6, 6.07) is 0.0367. The molecular weight excluding hydrogens is 164 g/mol. The first-order chi connectivity index (χ1) is 6.34. The van der Waals surface area contributed by atoms with E-state index in [1.165, 1.54) is 0 Å². The van der Waals surface area contributed by atoms with E-state index in [2.05, 4.69) is 22.5 Å². The van der Waals surface area contributed by atoms with Gasteiger partial charge in [-0.25, -0.2) is 0 Å². The van der Waals surface area contributed by atoms with Crippen LogP contribution in [0.2, 0.25) is 0 Å². The third kappa shape index (κ3) is 3.47. The van der Waals surface area contributed by atoms with Crippen molar-refractivity contribution in [2.45, 2.75) is 32.2 Å². The van der Waals surface area contributed by atoms with Crippen molar-refractivity contribution in [3.8, 4) is 11.8 Å². The number of amides is 1. The van der Waals surface area contributed by atoms with Gasteiger partial charge in [0.05, 0.1) is 6.04 Å². The first-order valence-electron chi connectivity index (χ1n) is 4.75. The smallest absolute Gasteiger partial charge is 0.237 e. The topological polar surface area (TPSA) is 41.1 Å². The molecule has 1 unspecified atom stereocenters. The van der Waals surface area contributed by atoms with Crippen molar-refractivity contribution < 1.29 is 4.79 Å². The highest BCUT2D eigenvalue weighted by molar-refractivity contribution is 5.81. The Morgan fingerprint density at radius 2 is 2.54 bits per heavy atom. The maximum Gasteiger partial charge on any atom is 0.237 e. The fraction of sp³-hybridized carbons (Fsp3) is 0.700. The summed E-state index contributed by atoms with van der Waals surface area (Å²) in [6.45, 7) is 3.44. The molecular formula is C10H16N2O. The Bertz CT molecular complexity index is 221. The Morgan fingerprint density at radius 1 is 1.69 bits per heavy atom. The summed E-state index contributed by atoms with van der Waals surface area (Å²) >= 11 is 0. The lowest BCUT2D eigenvalue weighted by atomic mass is 10.2. The fourth-order valence-corrected chi connectivity index (χ4v) is 1.40.